The van der Waals surface area contributed by atoms with Crippen molar-refractivity contribution in [1.82, 2.24) is 5.32 Å². The largest absolute Gasteiger partial charge is 0.396 e. The Bertz CT molecular complexity index is 855. The quantitative estimate of drug-likeness (QED) is 0.816. The van der Waals surface area contributed by atoms with Crippen LogP contribution in [0.5, 0.6) is 0 Å². The minimum atomic E-state index is -3.70. The number of rotatable bonds is 4. The van der Waals surface area contributed by atoms with E-state index in [1.165, 1.54) is 10.4 Å². The molecule has 2 aromatic carbocycles. The number of aliphatic hydroxyl groups excluding tert-OH is 1. The van der Waals surface area contributed by atoms with Gasteiger partial charge in [0.1, 0.15) is 0 Å². The number of hydrogen-bond donors (Lipinski definition) is 2. The number of halogens is 1. The fourth-order valence-electron chi connectivity index (χ4n) is 2.98. The maximum atomic E-state index is 13.0. The summed E-state index contributed by atoms with van der Waals surface area (Å²) in [5.41, 5.74) is 2.17. The summed E-state index contributed by atoms with van der Waals surface area (Å²) in [6.07, 6.45) is 0.587. The number of benzene rings is 2. The van der Waals surface area contributed by atoms with Crippen LogP contribution in [0.15, 0.2) is 47.4 Å². The lowest BCUT2D eigenvalue weighted by Gasteiger charge is -2.21. The molecule has 5 nitrogen and oxygen atoms in total. The highest BCUT2D eigenvalue weighted by atomic mass is 35.5. The normalized spacial score (nSPS) is 18.6. The van der Waals surface area contributed by atoms with Crippen LogP contribution >= 0.6 is 11.6 Å². The molecule has 0 saturated carbocycles. The maximum absolute atomic E-state index is 13.0. The molecule has 2 N–H and O–H groups in total. The van der Waals surface area contributed by atoms with Crippen LogP contribution in [0.3, 0.4) is 0 Å². The first-order valence-electron chi connectivity index (χ1n) is 7.68. The summed E-state index contributed by atoms with van der Waals surface area (Å²) in [6, 6.07) is 12.1. The topological polar surface area (TPSA) is 69.6 Å². The molecule has 0 radical (unpaired) electrons. The van der Waals surface area contributed by atoms with Crippen molar-refractivity contribution in [3.63, 3.8) is 0 Å². The highest BCUT2D eigenvalue weighted by molar-refractivity contribution is 7.92. The number of anilines is 1. The van der Waals surface area contributed by atoms with E-state index in [4.69, 9.17) is 16.7 Å². The molecule has 0 spiro atoms. The van der Waals surface area contributed by atoms with E-state index in [2.05, 4.69) is 5.32 Å². The van der Waals surface area contributed by atoms with E-state index in [9.17, 15) is 8.42 Å². The SMILES string of the molecule is CN1c2ccccc2C(NCCCO)c2ccc(Cl)cc2S1(=O)=O. The van der Waals surface area contributed by atoms with Gasteiger partial charge < -0.3 is 10.4 Å². The summed E-state index contributed by atoms with van der Waals surface area (Å²) in [5, 5.41) is 12.8. The number of aliphatic hydroxyl groups is 1. The highest BCUT2D eigenvalue weighted by Crippen LogP contribution is 2.40. The average Bonchev–Trinajstić information content (AvgIpc) is 2.64. The van der Waals surface area contributed by atoms with Crippen LogP contribution in [0.25, 0.3) is 0 Å². The molecule has 24 heavy (non-hydrogen) atoms. The van der Waals surface area contributed by atoms with Gasteiger partial charge in [0, 0.05) is 18.7 Å². The van der Waals surface area contributed by atoms with E-state index in [0.717, 1.165) is 5.56 Å². The molecular weight excluding hydrogens is 348 g/mol. The van der Waals surface area contributed by atoms with Crippen molar-refractivity contribution in [2.45, 2.75) is 17.4 Å². The van der Waals surface area contributed by atoms with Gasteiger partial charge in [-0.3, -0.25) is 4.31 Å². The Balaban J connectivity index is 2.24. The molecule has 128 valence electrons. The first kappa shape index (κ1) is 17.2. The van der Waals surface area contributed by atoms with Crippen molar-refractivity contribution in [1.29, 1.82) is 0 Å². The molecule has 1 heterocycles. The monoisotopic (exact) mass is 366 g/mol. The van der Waals surface area contributed by atoms with Gasteiger partial charge in [-0.05, 0) is 42.3 Å². The minimum Gasteiger partial charge on any atom is -0.396 e. The van der Waals surface area contributed by atoms with Crippen LogP contribution in [0, 0.1) is 0 Å². The van der Waals surface area contributed by atoms with Gasteiger partial charge in [0.2, 0.25) is 0 Å². The van der Waals surface area contributed by atoms with Crippen molar-refractivity contribution in [2.24, 2.45) is 0 Å². The summed E-state index contributed by atoms with van der Waals surface area (Å²) in [7, 11) is -2.15. The number of hydrogen-bond acceptors (Lipinski definition) is 4. The van der Waals surface area contributed by atoms with E-state index in [-0.39, 0.29) is 17.5 Å². The first-order valence-corrected chi connectivity index (χ1v) is 9.50. The summed E-state index contributed by atoms with van der Waals surface area (Å²) >= 11 is 6.05. The predicted octanol–water partition coefficient (Wildman–Crippen LogP) is 2.54. The van der Waals surface area contributed by atoms with Crippen molar-refractivity contribution in [3.05, 3.63) is 58.6 Å². The Morgan fingerprint density at radius 1 is 1.21 bits per heavy atom. The van der Waals surface area contributed by atoms with Crippen LogP contribution < -0.4 is 9.62 Å². The van der Waals surface area contributed by atoms with Gasteiger partial charge in [-0.1, -0.05) is 35.9 Å². The second-order valence-corrected chi connectivity index (χ2v) is 8.05. The Hall–Kier alpha value is -1.60. The molecule has 0 amide bonds. The lowest BCUT2D eigenvalue weighted by molar-refractivity contribution is 0.284. The molecule has 2 aromatic rings. The Labute approximate surface area is 146 Å². The molecule has 1 aliphatic rings. The van der Waals surface area contributed by atoms with E-state index >= 15 is 0 Å². The van der Waals surface area contributed by atoms with Gasteiger partial charge in [0.25, 0.3) is 10.0 Å². The molecule has 0 saturated heterocycles. The summed E-state index contributed by atoms with van der Waals surface area (Å²) in [4.78, 5) is 0.204. The lowest BCUT2D eigenvalue weighted by Crippen LogP contribution is -2.26. The molecule has 1 aliphatic heterocycles. The second-order valence-electron chi connectivity index (χ2n) is 5.68. The van der Waals surface area contributed by atoms with Gasteiger partial charge in [-0.2, -0.15) is 0 Å². The van der Waals surface area contributed by atoms with Crippen LogP contribution in [0.1, 0.15) is 23.6 Å². The lowest BCUT2D eigenvalue weighted by atomic mass is 9.97. The Morgan fingerprint density at radius 3 is 2.71 bits per heavy atom. The Kier molecular flexibility index (Phi) is 4.83. The van der Waals surface area contributed by atoms with Crippen LogP contribution in [-0.2, 0) is 10.0 Å². The molecule has 0 aromatic heterocycles. The summed E-state index contributed by atoms with van der Waals surface area (Å²) < 4.78 is 27.3. The molecule has 0 bridgehead atoms. The number of para-hydroxylation sites is 1. The molecule has 1 atom stereocenters. The van der Waals surface area contributed by atoms with E-state index in [0.29, 0.717) is 29.2 Å². The highest BCUT2D eigenvalue weighted by Gasteiger charge is 2.34. The standard InChI is InChI=1S/C17H19ClN2O3S/c1-20-15-6-3-2-5-13(15)17(19-9-4-10-21)14-8-7-12(18)11-16(14)24(20,22)23/h2-3,5-8,11,17,19,21H,4,9-10H2,1H3. The van der Waals surface area contributed by atoms with Crippen LogP contribution in [0.2, 0.25) is 5.02 Å². The van der Waals surface area contributed by atoms with Crippen molar-refractivity contribution in [2.75, 3.05) is 24.5 Å². The molecular formula is C17H19ClN2O3S. The van der Waals surface area contributed by atoms with E-state index in [1.54, 1.807) is 25.2 Å². The third kappa shape index (κ3) is 2.91. The van der Waals surface area contributed by atoms with Crippen molar-refractivity contribution in [3.8, 4) is 0 Å². The number of nitrogens with one attached hydrogen (secondary N) is 1. The summed E-state index contributed by atoms with van der Waals surface area (Å²) in [6.45, 7) is 0.647. The Morgan fingerprint density at radius 2 is 1.96 bits per heavy atom. The third-order valence-corrected chi connectivity index (χ3v) is 6.26. The molecule has 7 heteroatoms. The number of sulfonamides is 1. The van der Waals surface area contributed by atoms with Gasteiger partial charge in [0.05, 0.1) is 16.6 Å². The van der Waals surface area contributed by atoms with E-state index in [1.807, 2.05) is 18.2 Å². The fraction of sp³-hybridized carbons (Fsp3) is 0.294. The van der Waals surface area contributed by atoms with Crippen LogP contribution in [-0.4, -0.2) is 33.7 Å². The predicted molar refractivity (Wildman–Crippen MR) is 95.0 cm³/mol. The number of nitrogens with zero attached hydrogens (tertiary/aromatic N) is 1. The fourth-order valence-corrected chi connectivity index (χ4v) is 4.70. The number of fused-ring (bicyclic) bond motifs is 2. The zero-order valence-electron chi connectivity index (χ0n) is 13.2. The second kappa shape index (κ2) is 6.72. The van der Waals surface area contributed by atoms with Crippen molar-refractivity contribution < 1.29 is 13.5 Å². The van der Waals surface area contributed by atoms with Crippen LogP contribution in [0.4, 0.5) is 5.69 Å². The zero-order valence-corrected chi connectivity index (χ0v) is 14.8. The molecule has 0 fully saturated rings. The molecule has 0 aliphatic carbocycles. The minimum absolute atomic E-state index is 0.0764. The van der Waals surface area contributed by atoms with Gasteiger partial charge in [0.15, 0.2) is 0 Å². The molecule has 3 rings (SSSR count). The zero-order chi connectivity index (χ0) is 17.3. The average molecular weight is 367 g/mol. The molecule has 1 unspecified atom stereocenters. The smallest absolute Gasteiger partial charge is 0.264 e. The van der Waals surface area contributed by atoms with Gasteiger partial charge in [-0.25, -0.2) is 8.42 Å². The summed E-state index contributed by atoms with van der Waals surface area (Å²) in [5.74, 6) is 0. The first-order chi connectivity index (χ1) is 11.5. The van der Waals surface area contributed by atoms with Gasteiger partial charge >= 0.3 is 0 Å². The maximum Gasteiger partial charge on any atom is 0.264 e. The van der Waals surface area contributed by atoms with E-state index < -0.39 is 10.0 Å². The van der Waals surface area contributed by atoms with Gasteiger partial charge in [-0.15, -0.1) is 0 Å². The third-order valence-electron chi connectivity index (χ3n) is 4.20. The van der Waals surface area contributed by atoms with Crippen molar-refractivity contribution >= 4 is 27.3 Å².